The Morgan fingerprint density at radius 1 is 1.03 bits per heavy atom. The molecule has 1 amide bonds. The fraction of sp³-hybridized carbons (Fsp3) is 0.600. The molecule has 1 aromatic heterocycles. The van der Waals surface area contributed by atoms with Crippen LogP contribution < -0.4 is 0 Å². The minimum absolute atomic E-state index is 0.0287. The van der Waals surface area contributed by atoms with Crippen molar-refractivity contribution < 1.29 is 13.2 Å². The van der Waals surface area contributed by atoms with Crippen molar-refractivity contribution in [3.63, 3.8) is 0 Å². The highest BCUT2D eigenvalue weighted by Gasteiger charge is 2.32. The lowest BCUT2D eigenvalue weighted by atomic mass is 9.96. The van der Waals surface area contributed by atoms with Gasteiger partial charge < -0.3 is 14.4 Å². The van der Waals surface area contributed by atoms with Crippen LogP contribution in [-0.2, 0) is 27.8 Å². The number of carbonyl (C=O) groups is 1. The maximum Gasteiger partial charge on any atom is 0.256 e. The van der Waals surface area contributed by atoms with E-state index < -0.39 is 10.0 Å². The molecule has 1 fully saturated rings. The first-order chi connectivity index (χ1) is 14.5. The minimum Gasteiger partial charge on any atom is -0.338 e. The zero-order valence-electron chi connectivity index (χ0n) is 16.9. The number of likely N-dealkylation sites (tertiary alicyclic amines) is 1. The van der Waals surface area contributed by atoms with Crippen LogP contribution in [0.4, 0.5) is 0 Å². The van der Waals surface area contributed by atoms with Crippen molar-refractivity contribution in [3.8, 4) is 0 Å². The van der Waals surface area contributed by atoms with E-state index in [-0.39, 0.29) is 17.6 Å². The summed E-state index contributed by atoms with van der Waals surface area (Å²) in [5.41, 5.74) is 0.564. The van der Waals surface area contributed by atoms with Crippen molar-refractivity contribution in [1.29, 1.82) is 0 Å². The molecule has 1 aromatic rings. The second-order valence-electron chi connectivity index (χ2n) is 8.37. The summed E-state index contributed by atoms with van der Waals surface area (Å²) >= 11 is 0. The van der Waals surface area contributed by atoms with Gasteiger partial charge in [-0.1, -0.05) is 6.42 Å². The van der Waals surface area contributed by atoms with E-state index in [0.717, 1.165) is 56.8 Å². The number of aromatic nitrogens is 3. The summed E-state index contributed by atoms with van der Waals surface area (Å²) in [4.78, 5) is 16.8. The summed E-state index contributed by atoms with van der Waals surface area (Å²) in [7, 11) is -3.40. The summed E-state index contributed by atoms with van der Waals surface area (Å²) in [5.74, 6) is 2.61. The van der Waals surface area contributed by atoms with E-state index in [1.54, 1.807) is 23.3 Å². The molecule has 0 radical (unpaired) electrons. The first-order valence-electron chi connectivity index (χ1n) is 10.7. The van der Waals surface area contributed by atoms with Crippen molar-refractivity contribution in [2.45, 2.75) is 51.0 Å². The molecule has 1 unspecified atom stereocenters. The Kier molecular flexibility index (Phi) is 4.96. The van der Waals surface area contributed by atoms with Gasteiger partial charge in [0.2, 0.25) is 0 Å². The van der Waals surface area contributed by atoms with Crippen molar-refractivity contribution in [2.75, 3.05) is 25.4 Å². The number of piperidine rings is 1. The van der Waals surface area contributed by atoms with Crippen molar-refractivity contribution in [1.82, 2.24) is 24.6 Å². The Labute approximate surface area is 176 Å². The number of sulfonamides is 1. The Balaban J connectivity index is 1.32. The van der Waals surface area contributed by atoms with Crippen LogP contribution >= 0.6 is 0 Å². The maximum atomic E-state index is 13.2. The number of nitrogens with zero attached hydrogens (tertiary/aromatic N) is 6. The SMILES string of the molecule is O=C(C1=CN2CCS(=O)(=O)N=C2C=C1)N1CCCC(c2nnc3n2CCCCC3)C1. The van der Waals surface area contributed by atoms with Crippen LogP contribution in [0.25, 0.3) is 0 Å². The molecule has 1 saturated heterocycles. The number of carbonyl (C=O) groups excluding carboxylic acids is 1. The van der Waals surface area contributed by atoms with Gasteiger partial charge in [0.25, 0.3) is 15.9 Å². The Bertz CT molecular complexity index is 1050. The molecule has 5 rings (SSSR count). The lowest BCUT2D eigenvalue weighted by Crippen LogP contribution is -2.42. The predicted molar refractivity (Wildman–Crippen MR) is 111 cm³/mol. The predicted octanol–water partition coefficient (Wildman–Crippen LogP) is 1.21. The number of hydrogen-bond donors (Lipinski definition) is 0. The first kappa shape index (κ1) is 19.5. The van der Waals surface area contributed by atoms with Gasteiger partial charge in [-0.25, -0.2) is 8.42 Å². The summed E-state index contributed by atoms with van der Waals surface area (Å²) in [6.45, 7) is 2.64. The molecule has 9 nitrogen and oxygen atoms in total. The summed E-state index contributed by atoms with van der Waals surface area (Å²) in [5, 5.41) is 8.93. The van der Waals surface area contributed by atoms with Gasteiger partial charge in [-0.2, -0.15) is 0 Å². The van der Waals surface area contributed by atoms with E-state index >= 15 is 0 Å². The average Bonchev–Trinajstić information content (AvgIpc) is 3.00. The molecule has 5 heterocycles. The van der Waals surface area contributed by atoms with Gasteiger partial charge in [0.1, 0.15) is 17.5 Å². The van der Waals surface area contributed by atoms with Gasteiger partial charge in [-0.15, -0.1) is 14.6 Å². The summed E-state index contributed by atoms with van der Waals surface area (Å²) < 4.78 is 29.4. The largest absolute Gasteiger partial charge is 0.338 e. The number of rotatable bonds is 2. The number of hydrogen-bond acceptors (Lipinski definition) is 6. The second kappa shape index (κ2) is 7.64. The van der Waals surface area contributed by atoms with Crippen molar-refractivity contribution in [3.05, 3.63) is 35.6 Å². The third-order valence-electron chi connectivity index (χ3n) is 6.28. The highest BCUT2D eigenvalue weighted by Crippen LogP contribution is 2.29. The molecule has 4 aliphatic rings. The molecule has 30 heavy (non-hydrogen) atoms. The number of amidine groups is 1. The fourth-order valence-corrected chi connectivity index (χ4v) is 5.66. The Morgan fingerprint density at radius 3 is 2.83 bits per heavy atom. The molecular formula is C20H26N6O3S. The molecular weight excluding hydrogens is 404 g/mol. The number of aryl methyl sites for hydroxylation is 1. The topological polar surface area (TPSA) is 101 Å². The van der Waals surface area contributed by atoms with Gasteiger partial charge in [-0.05, 0) is 37.8 Å². The zero-order chi connectivity index (χ0) is 20.7. The minimum atomic E-state index is -3.40. The van der Waals surface area contributed by atoms with Crippen LogP contribution in [0.1, 0.15) is 49.7 Å². The van der Waals surface area contributed by atoms with Crippen molar-refractivity contribution >= 4 is 21.8 Å². The van der Waals surface area contributed by atoms with E-state index in [0.29, 0.717) is 24.5 Å². The molecule has 0 aromatic carbocycles. The van der Waals surface area contributed by atoms with Crippen LogP contribution in [0.3, 0.4) is 0 Å². The van der Waals surface area contributed by atoms with Gasteiger partial charge in [-0.3, -0.25) is 4.79 Å². The third kappa shape index (κ3) is 3.68. The molecule has 1 atom stereocenters. The monoisotopic (exact) mass is 430 g/mol. The molecule has 160 valence electrons. The lowest BCUT2D eigenvalue weighted by molar-refractivity contribution is -0.128. The normalized spacial score (nSPS) is 25.7. The standard InChI is InChI=1S/C20H26N6O3S/c27-20(16-7-8-18-23-30(28,29)12-11-24(18)14-16)25-9-4-5-15(13-25)19-22-21-17-6-2-1-3-10-26(17)19/h7-8,14-15H,1-6,9-13H2. The molecule has 0 N–H and O–H groups in total. The molecule has 0 saturated carbocycles. The smallest absolute Gasteiger partial charge is 0.256 e. The molecule has 0 aliphatic carbocycles. The Morgan fingerprint density at radius 2 is 1.93 bits per heavy atom. The van der Waals surface area contributed by atoms with E-state index in [1.807, 2.05) is 4.90 Å². The first-order valence-corrected chi connectivity index (χ1v) is 12.3. The van der Waals surface area contributed by atoms with E-state index in [2.05, 4.69) is 19.2 Å². The molecule has 10 heteroatoms. The summed E-state index contributed by atoms with van der Waals surface area (Å²) in [6.07, 6.45) is 11.5. The third-order valence-corrected chi connectivity index (χ3v) is 7.45. The van der Waals surface area contributed by atoms with E-state index in [9.17, 15) is 13.2 Å². The zero-order valence-corrected chi connectivity index (χ0v) is 17.7. The highest BCUT2D eigenvalue weighted by molar-refractivity contribution is 7.90. The van der Waals surface area contributed by atoms with E-state index in [4.69, 9.17) is 0 Å². The molecule has 0 spiro atoms. The number of fused-ring (bicyclic) bond motifs is 2. The van der Waals surface area contributed by atoms with Gasteiger partial charge in [0.05, 0.1) is 11.3 Å². The maximum absolute atomic E-state index is 13.2. The summed E-state index contributed by atoms with van der Waals surface area (Å²) in [6, 6.07) is 0. The quantitative estimate of drug-likeness (QED) is 0.699. The van der Waals surface area contributed by atoms with Crippen LogP contribution in [0.15, 0.2) is 28.3 Å². The second-order valence-corrected chi connectivity index (χ2v) is 10.1. The van der Waals surface area contributed by atoms with Crippen LogP contribution in [0, 0.1) is 0 Å². The average molecular weight is 431 g/mol. The van der Waals surface area contributed by atoms with Crippen LogP contribution in [-0.4, -0.2) is 70.1 Å². The molecule has 0 bridgehead atoms. The number of amides is 1. The van der Waals surface area contributed by atoms with Gasteiger partial charge in [0, 0.05) is 44.7 Å². The lowest BCUT2D eigenvalue weighted by Gasteiger charge is -2.34. The molecule has 4 aliphatic heterocycles. The fourth-order valence-electron chi connectivity index (χ4n) is 4.69. The van der Waals surface area contributed by atoms with Crippen LogP contribution in [0.2, 0.25) is 0 Å². The van der Waals surface area contributed by atoms with Gasteiger partial charge in [0.15, 0.2) is 0 Å². The van der Waals surface area contributed by atoms with E-state index in [1.165, 1.54) is 6.42 Å². The highest BCUT2D eigenvalue weighted by atomic mass is 32.2. The van der Waals surface area contributed by atoms with Crippen LogP contribution in [0.5, 0.6) is 0 Å². The van der Waals surface area contributed by atoms with Crippen molar-refractivity contribution in [2.24, 2.45) is 4.40 Å². The van der Waals surface area contributed by atoms with Gasteiger partial charge >= 0.3 is 0 Å². The Hall–Kier alpha value is -2.49.